The van der Waals surface area contributed by atoms with E-state index in [-0.39, 0.29) is 22.0 Å². The summed E-state index contributed by atoms with van der Waals surface area (Å²) in [5.74, 6) is -0.245. The maximum Gasteiger partial charge on any atom is 0.178 e. The van der Waals surface area contributed by atoms with E-state index in [4.69, 9.17) is 5.11 Å². The van der Waals surface area contributed by atoms with Crippen molar-refractivity contribution in [3.05, 3.63) is 23.8 Å². The average Bonchev–Trinajstić information content (AvgIpc) is 2.18. The van der Waals surface area contributed by atoms with Crippen molar-refractivity contribution in [3.8, 4) is 5.75 Å². The third-order valence-electron chi connectivity index (χ3n) is 1.87. The molecule has 0 heterocycles. The van der Waals surface area contributed by atoms with Gasteiger partial charge in [0, 0.05) is 0 Å². The lowest BCUT2D eigenvalue weighted by molar-refractivity contribution is 0.112. The number of benzene rings is 1. The number of sulfone groups is 1. The summed E-state index contributed by atoms with van der Waals surface area (Å²) in [6.07, 6.45) is 0.421. The minimum Gasteiger partial charge on any atom is -0.507 e. The molecule has 0 bridgehead atoms. The molecule has 76 valence electrons. The third kappa shape index (κ3) is 1.93. The molecule has 0 amide bonds. The van der Waals surface area contributed by atoms with Crippen LogP contribution >= 0.6 is 0 Å². The molecule has 5 heteroatoms. The number of carbonyl (C=O) groups is 1. The quantitative estimate of drug-likeness (QED) is 0.762. The molecule has 1 aromatic rings. The van der Waals surface area contributed by atoms with Crippen LogP contribution in [0, 0.1) is 0 Å². The second-order valence-electron chi connectivity index (χ2n) is 2.74. The maximum atomic E-state index is 11.4. The predicted octanol–water partition coefficient (Wildman–Crippen LogP) is 0.998. The zero-order valence-corrected chi connectivity index (χ0v) is 8.41. The average molecular weight is 214 g/mol. The first-order valence-electron chi connectivity index (χ1n) is 4.02. The lowest BCUT2D eigenvalue weighted by Gasteiger charge is -2.02. The Morgan fingerprint density at radius 2 is 2.07 bits per heavy atom. The highest BCUT2D eigenvalue weighted by atomic mass is 32.2. The minimum atomic E-state index is -3.32. The van der Waals surface area contributed by atoms with Crippen molar-refractivity contribution < 1.29 is 18.3 Å². The van der Waals surface area contributed by atoms with Gasteiger partial charge in [-0.15, -0.1) is 0 Å². The van der Waals surface area contributed by atoms with Gasteiger partial charge in [-0.2, -0.15) is 0 Å². The number of hydrogen-bond donors (Lipinski definition) is 1. The van der Waals surface area contributed by atoms with Crippen molar-refractivity contribution in [1.82, 2.24) is 0 Å². The molecule has 14 heavy (non-hydrogen) atoms. The largest absolute Gasteiger partial charge is 0.507 e. The number of aldehydes is 1. The third-order valence-corrected chi connectivity index (χ3v) is 3.60. The van der Waals surface area contributed by atoms with E-state index < -0.39 is 9.84 Å². The number of aromatic hydroxyl groups is 1. The van der Waals surface area contributed by atoms with Crippen LogP contribution in [0.5, 0.6) is 5.75 Å². The van der Waals surface area contributed by atoms with Crippen LogP contribution in [0.1, 0.15) is 17.3 Å². The van der Waals surface area contributed by atoms with Crippen LogP contribution in [0.15, 0.2) is 23.1 Å². The van der Waals surface area contributed by atoms with Gasteiger partial charge in [0.15, 0.2) is 16.1 Å². The molecule has 0 aromatic heterocycles. The van der Waals surface area contributed by atoms with E-state index in [1.165, 1.54) is 25.1 Å². The Balaban J connectivity index is 3.33. The van der Waals surface area contributed by atoms with Crippen LogP contribution < -0.4 is 0 Å². The lowest BCUT2D eigenvalue weighted by atomic mass is 10.2. The Morgan fingerprint density at radius 3 is 2.57 bits per heavy atom. The molecule has 1 aromatic carbocycles. The normalized spacial score (nSPS) is 11.2. The Hall–Kier alpha value is -1.36. The fourth-order valence-electron chi connectivity index (χ4n) is 0.987. The van der Waals surface area contributed by atoms with Gasteiger partial charge in [-0.25, -0.2) is 8.42 Å². The monoisotopic (exact) mass is 214 g/mol. The standard InChI is InChI=1S/C9H10O4S/c1-2-14(12,13)8-3-4-9(11)7(5-8)6-10/h3-6,11H,2H2,1H3. The Labute approximate surface area is 82.1 Å². The summed E-state index contributed by atoms with van der Waals surface area (Å²) in [6.45, 7) is 1.52. The van der Waals surface area contributed by atoms with E-state index in [1.54, 1.807) is 0 Å². The zero-order chi connectivity index (χ0) is 10.8. The van der Waals surface area contributed by atoms with E-state index in [0.29, 0.717) is 6.29 Å². The molecule has 1 rings (SSSR count). The molecule has 0 saturated carbocycles. The van der Waals surface area contributed by atoms with Crippen LogP contribution in [-0.2, 0) is 9.84 Å². The SMILES string of the molecule is CCS(=O)(=O)c1ccc(O)c(C=O)c1. The van der Waals surface area contributed by atoms with Gasteiger partial charge in [0.1, 0.15) is 5.75 Å². The molecule has 0 radical (unpaired) electrons. The zero-order valence-electron chi connectivity index (χ0n) is 7.60. The van der Waals surface area contributed by atoms with Gasteiger partial charge in [-0.1, -0.05) is 6.92 Å². The van der Waals surface area contributed by atoms with Gasteiger partial charge >= 0.3 is 0 Å². The summed E-state index contributed by atoms with van der Waals surface area (Å²) in [5.41, 5.74) is -0.0143. The van der Waals surface area contributed by atoms with Crippen molar-refractivity contribution in [2.24, 2.45) is 0 Å². The summed E-state index contributed by atoms with van der Waals surface area (Å²) in [4.78, 5) is 10.5. The first kappa shape index (κ1) is 10.7. The van der Waals surface area contributed by atoms with Crippen LogP contribution in [0.4, 0.5) is 0 Å². The molecular weight excluding hydrogens is 204 g/mol. The number of rotatable bonds is 3. The van der Waals surface area contributed by atoms with E-state index >= 15 is 0 Å². The van der Waals surface area contributed by atoms with Crippen molar-refractivity contribution in [2.75, 3.05) is 5.75 Å². The molecule has 1 N–H and O–H groups in total. The van der Waals surface area contributed by atoms with Crippen molar-refractivity contribution >= 4 is 16.1 Å². The van der Waals surface area contributed by atoms with Crippen molar-refractivity contribution in [3.63, 3.8) is 0 Å². The summed E-state index contributed by atoms with van der Waals surface area (Å²) in [6, 6.07) is 3.65. The van der Waals surface area contributed by atoms with Crippen molar-refractivity contribution in [1.29, 1.82) is 0 Å². The first-order chi connectivity index (χ1) is 6.51. The smallest absolute Gasteiger partial charge is 0.178 e. The minimum absolute atomic E-state index is 0.0143. The summed E-state index contributed by atoms with van der Waals surface area (Å²) >= 11 is 0. The summed E-state index contributed by atoms with van der Waals surface area (Å²) < 4.78 is 22.8. The molecule has 0 fully saturated rings. The number of phenolic OH excluding ortho intramolecular Hbond substituents is 1. The van der Waals surface area contributed by atoms with Gasteiger partial charge in [-0.05, 0) is 18.2 Å². The molecule has 0 unspecified atom stereocenters. The predicted molar refractivity (Wildman–Crippen MR) is 51.2 cm³/mol. The highest BCUT2D eigenvalue weighted by molar-refractivity contribution is 7.91. The highest BCUT2D eigenvalue weighted by Crippen LogP contribution is 2.20. The van der Waals surface area contributed by atoms with Crippen LogP contribution in [-0.4, -0.2) is 25.6 Å². The molecule has 4 nitrogen and oxygen atoms in total. The van der Waals surface area contributed by atoms with E-state index in [2.05, 4.69) is 0 Å². The van der Waals surface area contributed by atoms with Crippen LogP contribution in [0.2, 0.25) is 0 Å². The van der Waals surface area contributed by atoms with Gasteiger partial charge in [0.05, 0.1) is 16.2 Å². The highest BCUT2D eigenvalue weighted by Gasteiger charge is 2.13. The molecule has 0 aliphatic carbocycles. The Kier molecular flexibility index (Phi) is 2.90. The number of phenols is 1. The molecule has 0 spiro atoms. The molecule has 0 saturated heterocycles. The van der Waals surface area contributed by atoms with Gasteiger partial charge in [0.25, 0.3) is 0 Å². The van der Waals surface area contributed by atoms with Crippen molar-refractivity contribution in [2.45, 2.75) is 11.8 Å². The van der Waals surface area contributed by atoms with E-state index in [0.717, 1.165) is 0 Å². The Bertz CT molecular complexity index is 448. The van der Waals surface area contributed by atoms with Crippen LogP contribution in [0.25, 0.3) is 0 Å². The number of hydrogen-bond acceptors (Lipinski definition) is 4. The van der Waals surface area contributed by atoms with E-state index in [9.17, 15) is 13.2 Å². The molecule has 0 atom stereocenters. The number of carbonyl (C=O) groups excluding carboxylic acids is 1. The maximum absolute atomic E-state index is 11.4. The molecular formula is C9H10O4S. The van der Waals surface area contributed by atoms with Gasteiger partial charge < -0.3 is 5.11 Å². The van der Waals surface area contributed by atoms with E-state index in [1.807, 2.05) is 0 Å². The Morgan fingerprint density at radius 1 is 1.43 bits per heavy atom. The summed E-state index contributed by atoms with van der Waals surface area (Å²) in [5, 5.41) is 9.15. The fourth-order valence-corrected chi connectivity index (χ4v) is 1.90. The molecule has 0 aliphatic rings. The first-order valence-corrected chi connectivity index (χ1v) is 5.67. The van der Waals surface area contributed by atoms with Gasteiger partial charge in [-0.3, -0.25) is 4.79 Å². The van der Waals surface area contributed by atoms with Crippen LogP contribution in [0.3, 0.4) is 0 Å². The fraction of sp³-hybridized carbons (Fsp3) is 0.222. The lowest BCUT2D eigenvalue weighted by Crippen LogP contribution is -2.03. The second-order valence-corrected chi connectivity index (χ2v) is 5.02. The summed E-state index contributed by atoms with van der Waals surface area (Å²) in [7, 11) is -3.32. The molecule has 0 aliphatic heterocycles. The van der Waals surface area contributed by atoms with Gasteiger partial charge in [0.2, 0.25) is 0 Å². The second kappa shape index (κ2) is 3.79. The topological polar surface area (TPSA) is 71.4 Å².